The molecule has 0 radical (unpaired) electrons. The largest absolute Gasteiger partial charge is 0.295 e. The molecule has 1 atom stereocenters. The molecule has 0 aliphatic heterocycles. The fourth-order valence-electron chi connectivity index (χ4n) is 3.15. The summed E-state index contributed by atoms with van der Waals surface area (Å²) in [5.74, 6) is -0.215. The van der Waals surface area contributed by atoms with Crippen molar-refractivity contribution in [3.8, 4) is 0 Å². The fraction of sp³-hybridized carbons (Fsp3) is 0.300. The first-order valence-corrected chi connectivity index (χ1v) is 8.46. The summed E-state index contributed by atoms with van der Waals surface area (Å²) in [4.78, 5) is 6.54. The zero-order chi connectivity index (χ0) is 17.6. The molecule has 0 saturated heterocycles. The monoisotopic (exact) mass is 338 g/mol. The summed E-state index contributed by atoms with van der Waals surface area (Å²) in [6.07, 6.45) is 9.64. The van der Waals surface area contributed by atoms with E-state index in [1.807, 2.05) is 42.3 Å². The number of halogens is 1. The lowest BCUT2D eigenvalue weighted by Crippen LogP contribution is -2.27. The number of pyridine rings is 1. The third-order valence-electron chi connectivity index (χ3n) is 4.36. The lowest BCUT2D eigenvalue weighted by molar-refractivity contribution is 0.275. The summed E-state index contributed by atoms with van der Waals surface area (Å²) >= 11 is 0. The van der Waals surface area contributed by atoms with Crippen molar-refractivity contribution in [3.63, 3.8) is 0 Å². The Labute approximate surface area is 147 Å². The molecule has 0 aliphatic carbocycles. The summed E-state index contributed by atoms with van der Waals surface area (Å²) in [7, 11) is 4.03. The Hall–Kier alpha value is -2.53. The molecule has 0 amide bonds. The summed E-state index contributed by atoms with van der Waals surface area (Å²) in [6.45, 7) is 0.922. The third-order valence-corrected chi connectivity index (χ3v) is 4.36. The number of benzene rings is 1. The van der Waals surface area contributed by atoms with E-state index in [9.17, 15) is 4.39 Å². The van der Waals surface area contributed by atoms with E-state index in [4.69, 9.17) is 0 Å². The Kier molecular flexibility index (Phi) is 5.56. The second-order valence-electron chi connectivity index (χ2n) is 6.35. The van der Waals surface area contributed by atoms with Crippen LogP contribution in [0.1, 0.15) is 29.2 Å². The first kappa shape index (κ1) is 17.3. The predicted octanol–water partition coefficient (Wildman–Crippen LogP) is 3.61. The molecule has 0 N–H and O–H groups in total. The Balaban J connectivity index is 1.73. The molecular weight excluding hydrogens is 315 g/mol. The minimum Gasteiger partial charge on any atom is -0.295 e. The van der Waals surface area contributed by atoms with Crippen LogP contribution in [0.2, 0.25) is 0 Å². The quantitative estimate of drug-likeness (QED) is 0.660. The Bertz CT molecular complexity index is 783. The lowest BCUT2D eigenvalue weighted by atomic mass is 9.98. The third kappa shape index (κ3) is 4.51. The lowest BCUT2D eigenvalue weighted by Gasteiger charge is -2.28. The summed E-state index contributed by atoms with van der Waals surface area (Å²) in [6, 6.07) is 10.8. The van der Waals surface area contributed by atoms with Gasteiger partial charge in [-0.1, -0.05) is 18.2 Å². The van der Waals surface area contributed by atoms with E-state index < -0.39 is 0 Å². The minimum atomic E-state index is -0.215. The Morgan fingerprint density at radius 3 is 2.56 bits per heavy atom. The first-order chi connectivity index (χ1) is 12.1. The number of aromatic nitrogens is 3. The number of aryl methyl sites for hydroxylation is 2. The normalized spacial score (nSPS) is 12.5. The molecule has 0 aliphatic rings. The minimum absolute atomic E-state index is 0.0585. The van der Waals surface area contributed by atoms with Gasteiger partial charge in [-0.3, -0.25) is 14.6 Å². The van der Waals surface area contributed by atoms with Crippen LogP contribution in [0.3, 0.4) is 0 Å². The van der Waals surface area contributed by atoms with E-state index in [-0.39, 0.29) is 11.9 Å². The van der Waals surface area contributed by atoms with Gasteiger partial charge in [-0.2, -0.15) is 5.10 Å². The zero-order valence-corrected chi connectivity index (χ0v) is 14.6. The highest BCUT2D eigenvalue weighted by atomic mass is 19.1. The maximum Gasteiger partial charge on any atom is 0.123 e. The van der Waals surface area contributed by atoms with Gasteiger partial charge in [0.1, 0.15) is 5.82 Å². The van der Waals surface area contributed by atoms with Crippen molar-refractivity contribution in [1.82, 2.24) is 19.7 Å². The van der Waals surface area contributed by atoms with Crippen LogP contribution in [0.25, 0.3) is 0 Å². The molecule has 25 heavy (non-hydrogen) atoms. The van der Waals surface area contributed by atoms with E-state index in [0.717, 1.165) is 30.5 Å². The molecule has 130 valence electrons. The zero-order valence-electron chi connectivity index (χ0n) is 14.6. The van der Waals surface area contributed by atoms with Crippen molar-refractivity contribution in [2.24, 2.45) is 7.05 Å². The van der Waals surface area contributed by atoms with Crippen LogP contribution in [0, 0.1) is 5.82 Å². The van der Waals surface area contributed by atoms with Gasteiger partial charge in [-0.05, 0) is 61.3 Å². The van der Waals surface area contributed by atoms with Gasteiger partial charge in [-0.15, -0.1) is 0 Å². The summed E-state index contributed by atoms with van der Waals surface area (Å²) in [5.41, 5.74) is 3.42. The van der Waals surface area contributed by atoms with Crippen LogP contribution >= 0.6 is 0 Å². The average Bonchev–Trinajstić information content (AvgIpc) is 3.03. The van der Waals surface area contributed by atoms with Crippen LogP contribution < -0.4 is 0 Å². The molecule has 4 nitrogen and oxygen atoms in total. The highest BCUT2D eigenvalue weighted by molar-refractivity contribution is 5.30. The number of nitrogens with zero attached hydrogens (tertiary/aromatic N) is 4. The summed E-state index contributed by atoms with van der Waals surface area (Å²) < 4.78 is 15.1. The van der Waals surface area contributed by atoms with Gasteiger partial charge in [-0.25, -0.2) is 4.39 Å². The van der Waals surface area contributed by atoms with Gasteiger partial charge in [0.05, 0.1) is 12.2 Å². The molecule has 0 saturated carbocycles. The molecule has 5 heteroatoms. The molecule has 2 aromatic heterocycles. The van der Waals surface area contributed by atoms with Crippen LogP contribution in [-0.2, 0) is 13.5 Å². The Morgan fingerprint density at radius 2 is 1.92 bits per heavy atom. The molecule has 1 aromatic carbocycles. The molecule has 3 aromatic rings. The number of hydrogen-bond acceptors (Lipinski definition) is 3. The second kappa shape index (κ2) is 8.03. The van der Waals surface area contributed by atoms with Crippen LogP contribution in [-0.4, -0.2) is 33.3 Å². The fourth-order valence-corrected chi connectivity index (χ4v) is 3.15. The number of rotatable bonds is 7. The summed E-state index contributed by atoms with van der Waals surface area (Å²) in [5, 5.41) is 4.21. The molecule has 3 rings (SSSR count). The van der Waals surface area contributed by atoms with Gasteiger partial charge in [0.2, 0.25) is 0 Å². The van der Waals surface area contributed by atoms with E-state index in [1.54, 1.807) is 6.20 Å². The van der Waals surface area contributed by atoms with Crippen molar-refractivity contribution >= 4 is 0 Å². The van der Waals surface area contributed by atoms with E-state index in [0.29, 0.717) is 0 Å². The number of hydrogen-bond donors (Lipinski definition) is 0. The van der Waals surface area contributed by atoms with Gasteiger partial charge in [0, 0.05) is 25.6 Å². The maximum atomic E-state index is 13.3. The molecule has 2 heterocycles. The SMILES string of the molecule is CN(CCCc1cnn(C)c1)C(c1ccc(F)cc1)c1cccnc1. The molecular formula is C20H23FN4. The molecule has 0 spiro atoms. The molecule has 1 unspecified atom stereocenters. The Morgan fingerprint density at radius 1 is 1.12 bits per heavy atom. The standard InChI is InChI=1S/C20H23FN4/c1-24(12-4-5-16-13-23-25(2)15-16)20(18-6-3-11-22-14-18)17-7-9-19(21)10-8-17/h3,6-11,13-15,20H,4-5,12H2,1-2H3. The van der Waals surface area contributed by atoms with Gasteiger partial charge in [0.25, 0.3) is 0 Å². The van der Waals surface area contributed by atoms with Crippen LogP contribution in [0.5, 0.6) is 0 Å². The molecule has 0 bridgehead atoms. The predicted molar refractivity (Wildman–Crippen MR) is 96.6 cm³/mol. The van der Waals surface area contributed by atoms with Crippen LogP contribution in [0.4, 0.5) is 4.39 Å². The van der Waals surface area contributed by atoms with Crippen molar-refractivity contribution in [2.75, 3.05) is 13.6 Å². The van der Waals surface area contributed by atoms with Crippen molar-refractivity contribution in [1.29, 1.82) is 0 Å². The van der Waals surface area contributed by atoms with Gasteiger partial charge >= 0.3 is 0 Å². The second-order valence-corrected chi connectivity index (χ2v) is 6.35. The van der Waals surface area contributed by atoms with Gasteiger partial charge in [0.15, 0.2) is 0 Å². The highest BCUT2D eigenvalue weighted by Gasteiger charge is 2.19. The highest BCUT2D eigenvalue weighted by Crippen LogP contribution is 2.27. The van der Waals surface area contributed by atoms with E-state index in [1.165, 1.54) is 17.7 Å². The van der Waals surface area contributed by atoms with E-state index >= 15 is 0 Å². The van der Waals surface area contributed by atoms with Crippen molar-refractivity contribution in [2.45, 2.75) is 18.9 Å². The van der Waals surface area contributed by atoms with Crippen LogP contribution in [0.15, 0.2) is 61.2 Å². The van der Waals surface area contributed by atoms with E-state index in [2.05, 4.69) is 34.3 Å². The van der Waals surface area contributed by atoms with Crippen molar-refractivity contribution < 1.29 is 4.39 Å². The van der Waals surface area contributed by atoms with Gasteiger partial charge < -0.3 is 0 Å². The topological polar surface area (TPSA) is 34.0 Å². The first-order valence-electron chi connectivity index (χ1n) is 8.46. The maximum absolute atomic E-state index is 13.3. The average molecular weight is 338 g/mol. The smallest absolute Gasteiger partial charge is 0.123 e. The molecule has 0 fully saturated rings. The van der Waals surface area contributed by atoms with Crippen molar-refractivity contribution in [3.05, 3.63) is 83.7 Å².